The molecule has 1 aromatic heterocycles. The Hall–Kier alpha value is -3.67. The molecule has 3 aliphatic carbocycles. The summed E-state index contributed by atoms with van der Waals surface area (Å²) in [4.78, 5) is 68.1. The lowest BCUT2D eigenvalue weighted by molar-refractivity contribution is -0.255. The fourth-order valence-corrected chi connectivity index (χ4v) is 5.86. The number of primary amides is 1. The number of aliphatic hydroxyl groups is 1. The second-order valence-electron chi connectivity index (χ2n) is 9.26. The van der Waals surface area contributed by atoms with Gasteiger partial charge in [-0.1, -0.05) is 0 Å². The van der Waals surface area contributed by atoms with Crippen LogP contribution in [0, 0.1) is 23.7 Å². The average molecular weight is 483 g/mol. The fourth-order valence-electron chi connectivity index (χ4n) is 5.86. The molecule has 5 rings (SSSR count). The quantitative estimate of drug-likeness (QED) is 0.271. The Morgan fingerprint density at radius 3 is 2.54 bits per heavy atom. The number of hydrogen-bond donors (Lipinski definition) is 4. The van der Waals surface area contributed by atoms with Gasteiger partial charge >= 0.3 is 0 Å². The molecule has 3 aliphatic rings. The molecule has 2 aromatic rings. The van der Waals surface area contributed by atoms with Gasteiger partial charge in [0.1, 0.15) is 23.9 Å². The molecule has 5 atom stereocenters. The van der Waals surface area contributed by atoms with Crippen LogP contribution in [0.4, 0.5) is 0 Å². The summed E-state index contributed by atoms with van der Waals surface area (Å²) in [7, 11) is 0. The van der Waals surface area contributed by atoms with E-state index in [1.807, 2.05) is 0 Å². The van der Waals surface area contributed by atoms with Crippen molar-refractivity contribution in [1.82, 2.24) is 0 Å². The second-order valence-corrected chi connectivity index (χ2v) is 9.26. The van der Waals surface area contributed by atoms with Crippen LogP contribution in [0.3, 0.4) is 0 Å². The maximum atomic E-state index is 13.5. The number of phenols is 1. The molecule has 1 aromatic carbocycles. The first kappa shape index (κ1) is 23.1. The number of benzene rings is 1. The zero-order valence-corrected chi connectivity index (χ0v) is 18.2. The summed E-state index contributed by atoms with van der Waals surface area (Å²) in [6.07, 6.45) is -0.276. The third kappa shape index (κ3) is 3.19. The van der Waals surface area contributed by atoms with Crippen LogP contribution in [0.25, 0.3) is 11.3 Å². The van der Waals surface area contributed by atoms with Crippen LogP contribution >= 0.6 is 0 Å². The maximum Gasteiger partial charge on any atom is 0.235 e. The fraction of sp³-hybridized carbons (Fsp3) is 0.375. The summed E-state index contributed by atoms with van der Waals surface area (Å²) < 4.78 is 5.65. The average Bonchev–Trinajstić information content (AvgIpc) is 3.24. The molecule has 0 bridgehead atoms. The Morgan fingerprint density at radius 2 is 1.86 bits per heavy atom. The highest BCUT2D eigenvalue weighted by Crippen LogP contribution is 2.51. The second kappa shape index (κ2) is 7.94. The van der Waals surface area contributed by atoms with Crippen molar-refractivity contribution in [2.75, 3.05) is 0 Å². The SMILES string of the molecule is NC(=O)C1C(=O)C[C@@H]2C[C@@H]3Cc4c(-c5ccc(COO)o5)ccc(O)c4C(=O)C3C(=O)[C@]2(O)C1=O. The first-order valence-electron chi connectivity index (χ1n) is 11.0. The number of Topliss-reactive ketones (excluding diaryl/α,β-unsaturated/α-hetero) is 4. The van der Waals surface area contributed by atoms with E-state index in [1.165, 1.54) is 6.07 Å². The Balaban J connectivity index is 1.59. The van der Waals surface area contributed by atoms with E-state index < -0.39 is 64.7 Å². The van der Waals surface area contributed by atoms with Crippen LogP contribution in [0.5, 0.6) is 5.75 Å². The van der Waals surface area contributed by atoms with Crippen molar-refractivity contribution in [3.63, 3.8) is 0 Å². The van der Waals surface area contributed by atoms with Crippen molar-refractivity contribution in [3.05, 3.63) is 41.2 Å². The Labute approximate surface area is 197 Å². The maximum absolute atomic E-state index is 13.5. The van der Waals surface area contributed by atoms with Crippen LogP contribution in [0.1, 0.15) is 34.5 Å². The molecule has 1 heterocycles. The Morgan fingerprint density at radius 1 is 1.11 bits per heavy atom. The molecule has 182 valence electrons. The molecule has 0 aliphatic heterocycles. The van der Waals surface area contributed by atoms with E-state index in [9.17, 15) is 34.2 Å². The highest BCUT2D eigenvalue weighted by molar-refractivity contribution is 6.31. The zero-order valence-electron chi connectivity index (χ0n) is 18.2. The highest BCUT2D eigenvalue weighted by atomic mass is 17.1. The van der Waals surface area contributed by atoms with E-state index in [1.54, 1.807) is 18.2 Å². The summed E-state index contributed by atoms with van der Waals surface area (Å²) in [6, 6.07) is 5.99. The smallest absolute Gasteiger partial charge is 0.235 e. The standard InChI is InChI=1S/C24H21NO10/c25-23(31)19-15(27)7-10-5-9-6-13-12(16-4-1-11(35-16)8-34-33)2-3-14(26)18(13)20(28)17(9)21(29)24(10,32)22(19)30/h1-4,9-10,17,19,26,32-33H,5-8H2,(H2,25,31)/t9-,10+,17?,19?,24+/m1/s1. The number of nitrogens with two attached hydrogens (primary N) is 1. The van der Waals surface area contributed by atoms with E-state index in [4.69, 9.17) is 15.4 Å². The summed E-state index contributed by atoms with van der Waals surface area (Å²) in [5.41, 5.74) is 3.26. The monoisotopic (exact) mass is 483 g/mol. The first-order chi connectivity index (χ1) is 16.6. The lowest BCUT2D eigenvalue weighted by atomic mass is 9.53. The lowest BCUT2D eigenvalue weighted by Gasteiger charge is -2.48. The third-order valence-corrected chi connectivity index (χ3v) is 7.42. The van der Waals surface area contributed by atoms with Gasteiger partial charge in [-0.15, -0.1) is 0 Å². The van der Waals surface area contributed by atoms with Gasteiger partial charge in [0.15, 0.2) is 34.7 Å². The normalized spacial score (nSPS) is 30.0. The largest absolute Gasteiger partial charge is 0.507 e. The molecular weight excluding hydrogens is 462 g/mol. The Bertz CT molecular complexity index is 1310. The van der Waals surface area contributed by atoms with Gasteiger partial charge < -0.3 is 20.4 Å². The van der Waals surface area contributed by atoms with Gasteiger partial charge in [0.25, 0.3) is 0 Å². The van der Waals surface area contributed by atoms with Gasteiger partial charge in [0, 0.05) is 17.9 Å². The minimum absolute atomic E-state index is 0.00208. The van der Waals surface area contributed by atoms with Gasteiger partial charge in [-0.05, 0) is 48.6 Å². The number of hydrogen-bond acceptors (Lipinski definition) is 10. The first-order valence-corrected chi connectivity index (χ1v) is 11.0. The van der Waals surface area contributed by atoms with Gasteiger partial charge in [-0.25, -0.2) is 4.89 Å². The molecule has 5 N–H and O–H groups in total. The van der Waals surface area contributed by atoms with Crippen molar-refractivity contribution in [2.24, 2.45) is 29.4 Å². The molecule has 1 amide bonds. The highest BCUT2D eigenvalue weighted by Gasteiger charge is 2.66. The van der Waals surface area contributed by atoms with Crippen LogP contribution in [0.15, 0.2) is 28.7 Å². The predicted molar refractivity (Wildman–Crippen MR) is 114 cm³/mol. The summed E-state index contributed by atoms with van der Waals surface area (Å²) >= 11 is 0. The van der Waals surface area contributed by atoms with Crippen molar-refractivity contribution < 1.29 is 48.7 Å². The molecule has 0 radical (unpaired) electrons. The third-order valence-electron chi connectivity index (χ3n) is 7.42. The topological polar surface area (TPSA) is 194 Å². The van der Waals surface area contributed by atoms with Gasteiger partial charge in [0.2, 0.25) is 5.91 Å². The van der Waals surface area contributed by atoms with Crippen LogP contribution < -0.4 is 5.73 Å². The van der Waals surface area contributed by atoms with Gasteiger partial charge in [-0.3, -0.25) is 29.2 Å². The minimum Gasteiger partial charge on any atom is -0.507 e. The molecule has 2 fully saturated rings. The van der Waals surface area contributed by atoms with E-state index in [-0.39, 0.29) is 30.8 Å². The van der Waals surface area contributed by atoms with Crippen molar-refractivity contribution >= 4 is 29.0 Å². The van der Waals surface area contributed by atoms with E-state index in [0.717, 1.165) is 0 Å². The number of carbonyl (C=O) groups is 5. The zero-order chi connectivity index (χ0) is 25.2. The number of phenolic OH excluding ortho intramolecular Hbond substituents is 1. The molecular formula is C24H21NO10. The van der Waals surface area contributed by atoms with Crippen LogP contribution in [-0.4, -0.2) is 50.1 Å². The van der Waals surface area contributed by atoms with E-state index in [0.29, 0.717) is 22.6 Å². The van der Waals surface area contributed by atoms with Gasteiger partial charge in [0.05, 0.1) is 11.5 Å². The Kier molecular flexibility index (Phi) is 5.24. The molecule has 2 unspecified atom stereocenters. The van der Waals surface area contributed by atoms with Crippen molar-refractivity contribution in [1.29, 1.82) is 0 Å². The van der Waals surface area contributed by atoms with Crippen LogP contribution in [0.2, 0.25) is 0 Å². The number of rotatable bonds is 4. The van der Waals surface area contributed by atoms with E-state index >= 15 is 0 Å². The minimum atomic E-state index is -2.69. The molecule has 0 saturated heterocycles. The number of amides is 1. The molecule has 2 saturated carbocycles. The van der Waals surface area contributed by atoms with Gasteiger partial charge in [-0.2, -0.15) is 0 Å². The number of aromatic hydroxyl groups is 1. The molecule has 0 spiro atoms. The molecule has 11 heteroatoms. The summed E-state index contributed by atoms with van der Waals surface area (Å²) in [5.74, 6) is -10.0. The molecule has 35 heavy (non-hydrogen) atoms. The molecule has 11 nitrogen and oxygen atoms in total. The van der Waals surface area contributed by atoms with Crippen LogP contribution in [-0.2, 0) is 37.1 Å². The summed E-state index contributed by atoms with van der Waals surface area (Å²) in [5, 5.41) is 30.4. The number of ketones is 4. The number of fused-ring (bicyclic) bond motifs is 3. The summed E-state index contributed by atoms with van der Waals surface area (Å²) in [6.45, 7) is -0.201. The lowest BCUT2D eigenvalue weighted by Crippen LogP contribution is -2.68. The number of furan rings is 1. The van der Waals surface area contributed by atoms with Crippen molar-refractivity contribution in [3.8, 4) is 17.1 Å². The predicted octanol–water partition coefficient (Wildman–Crippen LogP) is 0.577. The van der Waals surface area contributed by atoms with Crippen molar-refractivity contribution in [2.45, 2.75) is 31.5 Å². The van der Waals surface area contributed by atoms with E-state index in [2.05, 4.69) is 4.89 Å². The number of carbonyl (C=O) groups excluding carboxylic acids is 5.